The molecule has 0 N–H and O–H groups in total. The maximum Gasteiger partial charge on any atom is -0.0268 e. The summed E-state index contributed by atoms with van der Waals surface area (Å²) in [5.74, 6) is 1.55. The van der Waals surface area contributed by atoms with Crippen molar-refractivity contribution >= 4 is 0 Å². The molecule has 1 aromatic carbocycles. The van der Waals surface area contributed by atoms with Gasteiger partial charge in [0.15, 0.2) is 0 Å². The molecule has 0 amide bonds. The van der Waals surface area contributed by atoms with Crippen LogP contribution in [0.4, 0.5) is 0 Å². The van der Waals surface area contributed by atoms with Crippen molar-refractivity contribution in [1.29, 1.82) is 0 Å². The predicted molar refractivity (Wildman–Crippen MR) is 115 cm³/mol. The van der Waals surface area contributed by atoms with Crippen molar-refractivity contribution in [1.82, 2.24) is 0 Å². The van der Waals surface area contributed by atoms with Crippen LogP contribution in [0.25, 0.3) is 0 Å². The summed E-state index contributed by atoms with van der Waals surface area (Å²) in [6.07, 6.45) is 7.58. The van der Waals surface area contributed by atoms with Crippen molar-refractivity contribution in [2.75, 3.05) is 0 Å². The summed E-state index contributed by atoms with van der Waals surface area (Å²) in [5, 5.41) is 0. The molecule has 1 aromatic rings. The molecule has 0 saturated heterocycles. The Morgan fingerprint density at radius 1 is 0.600 bits per heavy atom. The molecule has 144 valence electrons. The van der Waals surface area contributed by atoms with Crippen molar-refractivity contribution in [2.45, 2.75) is 108 Å². The summed E-state index contributed by atoms with van der Waals surface area (Å²) >= 11 is 0. The van der Waals surface area contributed by atoms with E-state index in [4.69, 9.17) is 0 Å². The minimum Gasteiger partial charge on any atom is -0.0628 e. The average Bonchev–Trinajstić information content (AvgIpc) is 2.44. The van der Waals surface area contributed by atoms with Crippen LogP contribution in [0.15, 0.2) is 0 Å². The van der Waals surface area contributed by atoms with E-state index in [1.165, 1.54) is 38.5 Å². The molecule has 0 spiro atoms. The fourth-order valence-corrected chi connectivity index (χ4v) is 3.88. The third-order valence-corrected chi connectivity index (χ3v) is 5.78. The molecule has 0 heterocycles. The number of hydrogen-bond acceptors (Lipinski definition) is 0. The fraction of sp³-hybridized carbons (Fsp3) is 0.760. The van der Waals surface area contributed by atoms with Gasteiger partial charge in [0.1, 0.15) is 0 Å². The Bertz CT molecular complexity index is 513. The van der Waals surface area contributed by atoms with Gasteiger partial charge in [0.25, 0.3) is 0 Å². The van der Waals surface area contributed by atoms with Gasteiger partial charge >= 0.3 is 0 Å². The lowest BCUT2D eigenvalue weighted by atomic mass is 9.80. The second-order valence-corrected chi connectivity index (χ2v) is 10.2. The molecule has 0 nitrogen and oxygen atoms in total. The fourth-order valence-electron chi connectivity index (χ4n) is 3.88. The standard InChI is InChI=1S/C25H44/c1-17(2)11-13-22-19(5)23(14-12-18(3)4)21(7)24(20(22)6)15-16-25(8,9)10/h17-18H,11-16H2,1-10H3. The minimum atomic E-state index is 0.403. The van der Waals surface area contributed by atoms with Gasteiger partial charge in [-0.1, -0.05) is 48.5 Å². The smallest absolute Gasteiger partial charge is 0.0268 e. The molecule has 0 aliphatic rings. The zero-order valence-corrected chi connectivity index (χ0v) is 18.9. The number of rotatable bonds is 8. The molecular weight excluding hydrogens is 300 g/mol. The molecule has 0 atom stereocenters. The Kier molecular flexibility index (Phi) is 8.23. The maximum atomic E-state index is 2.39. The molecule has 0 unspecified atom stereocenters. The lowest BCUT2D eigenvalue weighted by Gasteiger charge is -2.26. The normalized spacial score (nSPS) is 12.5. The van der Waals surface area contributed by atoms with Crippen LogP contribution in [0.2, 0.25) is 0 Å². The third-order valence-electron chi connectivity index (χ3n) is 5.78. The van der Waals surface area contributed by atoms with Gasteiger partial charge in [-0.3, -0.25) is 0 Å². The molecule has 0 aliphatic carbocycles. The Balaban J connectivity index is 3.32. The molecular formula is C25H44. The summed E-state index contributed by atoms with van der Waals surface area (Å²) in [6.45, 7) is 23.6. The van der Waals surface area contributed by atoms with Crippen LogP contribution < -0.4 is 0 Å². The first-order valence-corrected chi connectivity index (χ1v) is 10.5. The van der Waals surface area contributed by atoms with Gasteiger partial charge in [0.2, 0.25) is 0 Å². The van der Waals surface area contributed by atoms with Crippen molar-refractivity contribution in [3.8, 4) is 0 Å². The van der Waals surface area contributed by atoms with Crippen LogP contribution in [-0.4, -0.2) is 0 Å². The quantitative estimate of drug-likeness (QED) is 0.452. The van der Waals surface area contributed by atoms with Crippen LogP contribution in [0.5, 0.6) is 0 Å². The van der Waals surface area contributed by atoms with Crippen LogP contribution in [0.1, 0.15) is 101 Å². The molecule has 1 rings (SSSR count). The molecule has 25 heavy (non-hydrogen) atoms. The minimum absolute atomic E-state index is 0.403. The third kappa shape index (κ3) is 6.80. The van der Waals surface area contributed by atoms with Crippen molar-refractivity contribution in [2.24, 2.45) is 17.3 Å². The lowest BCUT2D eigenvalue weighted by Crippen LogP contribution is -2.12. The highest BCUT2D eigenvalue weighted by Crippen LogP contribution is 2.33. The second-order valence-electron chi connectivity index (χ2n) is 10.2. The van der Waals surface area contributed by atoms with Crippen molar-refractivity contribution in [3.05, 3.63) is 33.4 Å². The summed E-state index contributed by atoms with van der Waals surface area (Å²) in [5.41, 5.74) is 10.1. The molecule has 0 aliphatic heterocycles. The largest absolute Gasteiger partial charge is 0.0628 e. The first-order chi connectivity index (χ1) is 11.4. The van der Waals surface area contributed by atoms with Gasteiger partial charge in [-0.25, -0.2) is 0 Å². The predicted octanol–water partition coefficient (Wildman–Crippen LogP) is 7.77. The monoisotopic (exact) mass is 344 g/mol. The van der Waals surface area contributed by atoms with E-state index in [1.807, 2.05) is 0 Å². The molecule has 0 radical (unpaired) electrons. The van der Waals surface area contributed by atoms with Gasteiger partial charge in [-0.2, -0.15) is 0 Å². The van der Waals surface area contributed by atoms with E-state index in [9.17, 15) is 0 Å². The van der Waals surface area contributed by atoms with E-state index < -0.39 is 0 Å². The van der Waals surface area contributed by atoms with Crippen LogP contribution in [0.3, 0.4) is 0 Å². The summed E-state index contributed by atoms with van der Waals surface area (Å²) in [7, 11) is 0. The molecule has 0 aromatic heterocycles. The lowest BCUT2D eigenvalue weighted by molar-refractivity contribution is 0.377. The zero-order chi connectivity index (χ0) is 19.4. The maximum absolute atomic E-state index is 2.39. The molecule has 0 heteroatoms. The van der Waals surface area contributed by atoms with Crippen LogP contribution >= 0.6 is 0 Å². The SMILES string of the molecule is Cc1c(CCC(C)C)c(C)c(CCC(C)(C)C)c(C)c1CCC(C)C. The van der Waals surface area contributed by atoms with Gasteiger partial charge in [-0.05, 0) is 110 Å². The first-order valence-electron chi connectivity index (χ1n) is 10.5. The van der Waals surface area contributed by atoms with Gasteiger partial charge in [0, 0.05) is 0 Å². The van der Waals surface area contributed by atoms with E-state index in [-0.39, 0.29) is 0 Å². The van der Waals surface area contributed by atoms with E-state index in [2.05, 4.69) is 69.2 Å². The molecule has 0 bridgehead atoms. The van der Waals surface area contributed by atoms with Gasteiger partial charge in [-0.15, -0.1) is 0 Å². The van der Waals surface area contributed by atoms with E-state index in [0.29, 0.717) is 5.41 Å². The van der Waals surface area contributed by atoms with Crippen LogP contribution in [0, 0.1) is 38.0 Å². The van der Waals surface area contributed by atoms with E-state index in [0.717, 1.165) is 11.8 Å². The highest BCUT2D eigenvalue weighted by Gasteiger charge is 2.19. The van der Waals surface area contributed by atoms with Crippen LogP contribution in [-0.2, 0) is 19.3 Å². The summed E-state index contributed by atoms with van der Waals surface area (Å²) < 4.78 is 0. The Hall–Kier alpha value is -0.780. The number of benzene rings is 1. The average molecular weight is 345 g/mol. The number of hydrogen-bond donors (Lipinski definition) is 0. The highest BCUT2D eigenvalue weighted by atomic mass is 14.2. The van der Waals surface area contributed by atoms with Crippen molar-refractivity contribution < 1.29 is 0 Å². The molecule has 0 fully saturated rings. The zero-order valence-electron chi connectivity index (χ0n) is 18.9. The summed E-state index contributed by atoms with van der Waals surface area (Å²) in [4.78, 5) is 0. The van der Waals surface area contributed by atoms with Gasteiger partial charge < -0.3 is 0 Å². The molecule has 0 saturated carbocycles. The Labute approximate surface area is 158 Å². The van der Waals surface area contributed by atoms with E-state index >= 15 is 0 Å². The second kappa shape index (κ2) is 9.24. The van der Waals surface area contributed by atoms with Gasteiger partial charge in [0.05, 0.1) is 0 Å². The highest BCUT2D eigenvalue weighted by molar-refractivity contribution is 5.51. The van der Waals surface area contributed by atoms with E-state index in [1.54, 1.807) is 33.4 Å². The first kappa shape index (κ1) is 22.3. The van der Waals surface area contributed by atoms with Crippen molar-refractivity contribution in [3.63, 3.8) is 0 Å². The Morgan fingerprint density at radius 2 is 0.920 bits per heavy atom. The topological polar surface area (TPSA) is 0 Å². The Morgan fingerprint density at radius 3 is 1.20 bits per heavy atom. The summed E-state index contributed by atoms with van der Waals surface area (Å²) in [6, 6.07) is 0.